The molecule has 0 radical (unpaired) electrons. The molecule has 0 aliphatic carbocycles. The molecule has 0 aliphatic rings. The molecular formula is C30H40O8. The van der Waals surface area contributed by atoms with Crippen LogP contribution in [0.3, 0.4) is 0 Å². The van der Waals surface area contributed by atoms with Crippen molar-refractivity contribution in [2.24, 2.45) is 0 Å². The maximum Gasteiger partial charge on any atom is 0.341 e. The van der Waals surface area contributed by atoms with Gasteiger partial charge in [-0.3, -0.25) is 9.59 Å². The molecule has 0 fully saturated rings. The molecule has 0 aromatic heterocycles. The van der Waals surface area contributed by atoms with Crippen LogP contribution >= 0.6 is 0 Å². The number of Topliss-reactive ketones (excluding diaryl/α,β-unsaturated/α-hetero) is 2. The summed E-state index contributed by atoms with van der Waals surface area (Å²) in [5.74, 6) is -0.0297. The molecule has 0 saturated carbocycles. The van der Waals surface area contributed by atoms with E-state index < -0.39 is 12.6 Å². The second-order valence-corrected chi connectivity index (χ2v) is 9.25. The molecule has 0 atom stereocenters. The molecule has 2 N–H and O–H groups in total. The van der Waals surface area contributed by atoms with Crippen LogP contribution < -0.4 is 14.2 Å². The fraction of sp³-hybridized carbons (Fsp3) is 0.500. The fourth-order valence-electron chi connectivity index (χ4n) is 4.38. The number of aromatic hydroxyl groups is 1. The third-order valence-corrected chi connectivity index (χ3v) is 6.05. The molecular weight excluding hydrogens is 488 g/mol. The van der Waals surface area contributed by atoms with Gasteiger partial charge in [-0.25, -0.2) is 4.79 Å². The summed E-state index contributed by atoms with van der Waals surface area (Å²) >= 11 is 0. The Morgan fingerprint density at radius 3 is 1.89 bits per heavy atom. The zero-order valence-corrected chi connectivity index (χ0v) is 23.1. The molecule has 0 aliphatic heterocycles. The molecule has 38 heavy (non-hydrogen) atoms. The van der Waals surface area contributed by atoms with E-state index >= 15 is 0 Å². The molecule has 2 aromatic carbocycles. The van der Waals surface area contributed by atoms with E-state index in [0.717, 1.165) is 24.8 Å². The first-order chi connectivity index (χ1) is 18.2. The minimum Gasteiger partial charge on any atom is -0.507 e. The maximum atomic E-state index is 12.3. The van der Waals surface area contributed by atoms with E-state index in [-0.39, 0.29) is 23.9 Å². The molecule has 2 aromatic rings. The van der Waals surface area contributed by atoms with Crippen molar-refractivity contribution in [1.29, 1.82) is 0 Å². The number of carbonyl (C=O) groups is 3. The molecule has 208 valence electrons. The van der Waals surface area contributed by atoms with Gasteiger partial charge in [0.15, 0.2) is 18.2 Å². The number of ketones is 2. The van der Waals surface area contributed by atoms with Crippen LogP contribution in [0.4, 0.5) is 0 Å². The average Bonchev–Trinajstić information content (AvgIpc) is 2.86. The third kappa shape index (κ3) is 7.97. The number of ether oxygens (including phenoxy) is 3. The number of phenols is 1. The van der Waals surface area contributed by atoms with Crippen molar-refractivity contribution in [3.63, 3.8) is 0 Å². The third-order valence-electron chi connectivity index (χ3n) is 6.05. The monoisotopic (exact) mass is 528 g/mol. The Kier molecular flexibility index (Phi) is 12.1. The van der Waals surface area contributed by atoms with Crippen LogP contribution in [0.15, 0.2) is 18.2 Å². The van der Waals surface area contributed by atoms with Gasteiger partial charge in [0.25, 0.3) is 0 Å². The highest BCUT2D eigenvalue weighted by molar-refractivity contribution is 5.98. The van der Waals surface area contributed by atoms with Gasteiger partial charge in [-0.1, -0.05) is 40.0 Å². The van der Waals surface area contributed by atoms with E-state index in [2.05, 4.69) is 0 Å². The van der Waals surface area contributed by atoms with Crippen molar-refractivity contribution in [2.45, 2.75) is 79.6 Å². The molecule has 0 bridgehead atoms. The summed E-state index contributed by atoms with van der Waals surface area (Å²) in [6.07, 6.45) is 4.76. The Morgan fingerprint density at radius 2 is 1.34 bits per heavy atom. The number of phenolic OH excluding ortho intramolecular Hbond substituents is 1. The van der Waals surface area contributed by atoms with Crippen LogP contribution in [0.5, 0.6) is 23.0 Å². The Hall–Kier alpha value is -3.55. The van der Waals surface area contributed by atoms with Gasteiger partial charge in [0.2, 0.25) is 0 Å². The van der Waals surface area contributed by atoms with Crippen LogP contribution in [0, 0.1) is 0 Å². The summed E-state index contributed by atoms with van der Waals surface area (Å²) in [5, 5.41) is 19.8. The van der Waals surface area contributed by atoms with Gasteiger partial charge < -0.3 is 24.4 Å². The molecule has 0 unspecified atom stereocenters. The lowest BCUT2D eigenvalue weighted by atomic mass is 9.95. The minimum atomic E-state index is -1.09. The highest BCUT2D eigenvalue weighted by Gasteiger charge is 2.21. The van der Waals surface area contributed by atoms with E-state index in [1.807, 2.05) is 20.8 Å². The van der Waals surface area contributed by atoms with Crippen molar-refractivity contribution in [2.75, 3.05) is 19.8 Å². The summed E-state index contributed by atoms with van der Waals surface area (Å²) < 4.78 is 17.7. The lowest BCUT2D eigenvalue weighted by molar-refractivity contribution is -0.139. The standard InChI is InChI=1S/C30H40O8/c1-6-10-21-17-25(20(5)32)28(35)24(12-8-3)29(21)36-15-9-16-37-30-22(19(4)31)13-14-26(23(30)11-7-2)38-18-27(33)34/h13-14,17,35H,6-12,15-16,18H2,1-5H3,(H,33,34). The first kappa shape index (κ1) is 30.7. The quantitative estimate of drug-likeness (QED) is 0.190. The topological polar surface area (TPSA) is 119 Å². The van der Waals surface area contributed by atoms with E-state index in [1.165, 1.54) is 13.8 Å². The van der Waals surface area contributed by atoms with Crippen LogP contribution in [-0.2, 0) is 24.1 Å². The van der Waals surface area contributed by atoms with Crippen LogP contribution in [-0.4, -0.2) is 47.6 Å². The predicted molar refractivity (Wildman–Crippen MR) is 145 cm³/mol. The first-order valence-electron chi connectivity index (χ1n) is 13.3. The summed E-state index contributed by atoms with van der Waals surface area (Å²) in [6.45, 7) is 9.01. The molecule has 8 heteroatoms. The zero-order chi connectivity index (χ0) is 28.2. The minimum absolute atomic E-state index is 0.0149. The summed E-state index contributed by atoms with van der Waals surface area (Å²) in [4.78, 5) is 35.4. The molecule has 0 spiro atoms. The largest absolute Gasteiger partial charge is 0.507 e. The highest BCUT2D eigenvalue weighted by atomic mass is 16.5. The second-order valence-electron chi connectivity index (χ2n) is 9.25. The number of hydrogen-bond acceptors (Lipinski definition) is 7. The lowest BCUT2D eigenvalue weighted by Gasteiger charge is -2.20. The van der Waals surface area contributed by atoms with Crippen LogP contribution in [0.25, 0.3) is 0 Å². The number of aliphatic carboxylic acids is 1. The number of benzene rings is 2. The second kappa shape index (κ2) is 15.0. The average molecular weight is 529 g/mol. The predicted octanol–water partition coefficient (Wildman–Crippen LogP) is 5.97. The van der Waals surface area contributed by atoms with Crippen molar-refractivity contribution < 1.29 is 38.8 Å². The fourth-order valence-corrected chi connectivity index (χ4v) is 4.38. The van der Waals surface area contributed by atoms with Gasteiger partial charge in [-0.2, -0.15) is 0 Å². The number of rotatable bonds is 17. The van der Waals surface area contributed by atoms with Crippen molar-refractivity contribution in [3.8, 4) is 23.0 Å². The van der Waals surface area contributed by atoms with Gasteiger partial charge in [0, 0.05) is 17.5 Å². The van der Waals surface area contributed by atoms with E-state index in [4.69, 9.17) is 19.3 Å². The van der Waals surface area contributed by atoms with E-state index in [0.29, 0.717) is 71.8 Å². The van der Waals surface area contributed by atoms with E-state index in [9.17, 15) is 19.5 Å². The molecule has 2 rings (SSSR count). The zero-order valence-electron chi connectivity index (χ0n) is 23.1. The summed E-state index contributed by atoms with van der Waals surface area (Å²) in [7, 11) is 0. The Bertz CT molecular complexity index is 1140. The smallest absolute Gasteiger partial charge is 0.341 e. The molecule has 0 saturated heterocycles. The highest BCUT2D eigenvalue weighted by Crippen LogP contribution is 2.38. The van der Waals surface area contributed by atoms with Gasteiger partial charge in [0.1, 0.15) is 23.0 Å². The number of carbonyl (C=O) groups excluding carboxylic acids is 2. The SMILES string of the molecule is CCCc1cc(C(C)=O)c(O)c(CCC)c1OCCCOc1c(C(C)=O)ccc(OCC(=O)O)c1CCC. The van der Waals surface area contributed by atoms with Gasteiger partial charge >= 0.3 is 5.97 Å². The lowest BCUT2D eigenvalue weighted by Crippen LogP contribution is -2.14. The first-order valence-corrected chi connectivity index (χ1v) is 13.3. The van der Waals surface area contributed by atoms with Crippen molar-refractivity contribution in [3.05, 3.63) is 46.0 Å². The van der Waals surface area contributed by atoms with Crippen LogP contribution in [0.2, 0.25) is 0 Å². The Labute approximate surface area is 224 Å². The van der Waals surface area contributed by atoms with Gasteiger partial charge in [-0.15, -0.1) is 0 Å². The molecule has 8 nitrogen and oxygen atoms in total. The van der Waals surface area contributed by atoms with Gasteiger partial charge in [0.05, 0.1) is 24.3 Å². The number of aryl methyl sites for hydroxylation is 1. The van der Waals surface area contributed by atoms with Crippen molar-refractivity contribution >= 4 is 17.5 Å². The van der Waals surface area contributed by atoms with Gasteiger partial charge in [-0.05, 0) is 56.9 Å². The maximum absolute atomic E-state index is 12.3. The Balaban J connectivity index is 2.24. The van der Waals surface area contributed by atoms with E-state index in [1.54, 1.807) is 18.2 Å². The van der Waals surface area contributed by atoms with Crippen LogP contribution in [0.1, 0.15) is 97.7 Å². The number of carboxylic acid groups (broad SMARTS) is 1. The summed E-state index contributed by atoms with van der Waals surface area (Å²) in [5.41, 5.74) is 2.95. The van der Waals surface area contributed by atoms with Crippen molar-refractivity contribution in [1.82, 2.24) is 0 Å². The number of hydrogen-bond donors (Lipinski definition) is 2. The number of carboxylic acids is 1. The normalized spacial score (nSPS) is 10.8. The molecule has 0 heterocycles. The Morgan fingerprint density at radius 1 is 0.763 bits per heavy atom. The summed E-state index contributed by atoms with van der Waals surface area (Å²) in [6, 6.07) is 4.94. The molecule has 0 amide bonds.